The second kappa shape index (κ2) is 9.43. The zero-order valence-corrected chi connectivity index (χ0v) is 19.2. The van der Waals surface area contributed by atoms with Gasteiger partial charge in [-0.15, -0.1) is 0 Å². The number of benzene rings is 1. The molecule has 0 saturated carbocycles. The first-order valence-electron chi connectivity index (χ1n) is 11.2. The van der Waals surface area contributed by atoms with Crippen LogP contribution in [0.5, 0.6) is 5.88 Å². The molecule has 1 saturated heterocycles. The Kier molecular flexibility index (Phi) is 6.43. The summed E-state index contributed by atoms with van der Waals surface area (Å²) in [6.45, 7) is 6.53. The van der Waals surface area contributed by atoms with E-state index in [4.69, 9.17) is 5.26 Å². The molecule has 1 aliphatic rings. The van der Waals surface area contributed by atoms with E-state index in [1.165, 1.54) is 4.68 Å². The van der Waals surface area contributed by atoms with Crippen molar-refractivity contribution >= 4 is 5.91 Å². The molecule has 1 aromatic carbocycles. The van der Waals surface area contributed by atoms with Crippen LogP contribution < -0.4 is 0 Å². The van der Waals surface area contributed by atoms with E-state index < -0.39 is 0 Å². The van der Waals surface area contributed by atoms with Crippen molar-refractivity contribution in [3.8, 4) is 28.9 Å². The molecule has 8 heteroatoms. The number of rotatable bonds is 5. The summed E-state index contributed by atoms with van der Waals surface area (Å²) in [6.07, 6.45) is 5.06. The number of likely N-dealkylation sites (tertiary alicyclic amines) is 1. The molecule has 0 radical (unpaired) electrons. The predicted octanol–water partition coefficient (Wildman–Crippen LogP) is 3.38. The average molecular weight is 445 g/mol. The van der Waals surface area contributed by atoms with Crippen molar-refractivity contribution in [2.45, 2.75) is 32.7 Å². The highest BCUT2D eigenvalue weighted by molar-refractivity contribution is 5.94. The van der Waals surface area contributed by atoms with E-state index in [-0.39, 0.29) is 17.8 Å². The van der Waals surface area contributed by atoms with E-state index in [9.17, 15) is 9.90 Å². The fourth-order valence-electron chi connectivity index (χ4n) is 4.41. The fourth-order valence-corrected chi connectivity index (χ4v) is 4.41. The van der Waals surface area contributed by atoms with Crippen LogP contribution in [0.2, 0.25) is 0 Å². The van der Waals surface area contributed by atoms with E-state index in [0.717, 1.165) is 37.1 Å². The lowest BCUT2D eigenvalue weighted by Gasteiger charge is -2.36. The summed E-state index contributed by atoms with van der Waals surface area (Å²) in [4.78, 5) is 21.7. The molecule has 1 N–H and O–H groups in total. The van der Waals surface area contributed by atoms with Gasteiger partial charge in [0.15, 0.2) is 5.82 Å². The summed E-state index contributed by atoms with van der Waals surface area (Å²) in [5, 5.41) is 24.2. The molecule has 0 spiro atoms. The molecule has 0 atom stereocenters. The van der Waals surface area contributed by atoms with E-state index in [1.54, 1.807) is 42.7 Å². The molecule has 4 rings (SSSR count). The molecule has 1 aliphatic heterocycles. The van der Waals surface area contributed by atoms with Crippen LogP contribution in [0, 0.1) is 18.3 Å². The van der Waals surface area contributed by atoms with Crippen molar-refractivity contribution < 1.29 is 9.90 Å². The topological polar surface area (TPSA) is 98.3 Å². The maximum absolute atomic E-state index is 13.1. The first-order valence-corrected chi connectivity index (χ1v) is 11.2. The van der Waals surface area contributed by atoms with Crippen LogP contribution in [0.15, 0.2) is 42.7 Å². The van der Waals surface area contributed by atoms with Crippen LogP contribution in [0.1, 0.15) is 41.3 Å². The molecule has 3 aromatic rings. The molecule has 3 heterocycles. The Bertz CT molecular complexity index is 1190. The molecule has 8 nitrogen and oxygen atoms in total. The number of nitriles is 1. The Morgan fingerprint density at radius 1 is 1.21 bits per heavy atom. The molecule has 1 amide bonds. The van der Waals surface area contributed by atoms with Gasteiger partial charge in [0.25, 0.3) is 5.91 Å². The van der Waals surface area contributed by atoms with E-state index in [2.05, 4.69) is 28.1 Å². The molecule has 1 fully saturated rings. The zero-order chi connectivity index (χ0) is 23.5. The molecule has 0 unspecified atom stereocenters. The number of aromatic nitrogens is 3. The Morgan fingerprint density at radius 3 is 2.58 bits per heavy atom. The maximum Gasteiger partial charge on any atom is 0.255 e. The van der Waals surface area contributed by atoms with Gasteiger partial charge in [-0.25, -0.2) is 4.98 Å². The fraction of sp³-hybridized carbons (Fsp3) is 0.360. The highest BCUT2D eigenvalue weighted by Crippen LogP contribution is 2.33. The highest BCUT2D eigenvalue weighted by Gasteiger charge is 2.27. The van der Waals surface area contributed by atoms with Gasteiger partial charge in [0, 0.05) is 18.8 Å². The Morgan fingerprint density at radius 2 is 1.97 bits per heavy atom. The number of nitrogens with zero attached hydrogens (tertiary/aromatic N) is 6. The summed E-state index contributed by atoms with van der Waals surface area (Å²) >= 11 is 0. The third-order valence-electron chi connectivity index (χ3n) is 6.33. The van der Waals surface area contributed by atoms with E-state index >= 15 is 0 Å². The first kappa shape index (κ1) is 22.5. The largest absolute Gasteiger partial charge is 0.493 e. The summed E-state index contributed by atoms with van der Waals surface area (Å²) in [6, 6.07) is 11.1. The lowest BCUT2D eigenvalue weighted by atomic mass is 10.0. The third kappa shape index (κ3) is 4.45. The van der Waals surface area contributed by atoms with Crippen LogP contribution in [0.4, 0.5) is 0 Å². The van der Waals surface area contributed by atoms with Crippen LogP contribution in [0.25, 0.3) is 16.9 Å². The summed E-state index contributed by atoms with van der Waals surface area (Å²) in [7, 11) is 2.11. The van der Waals surface area contributed by atoms with E-state index in [0.29, 0.717) is 29.1 Å². The number of aromatic hydroxyl groups is 1. The normalized spacial score (nSPS) is 14.7. The Labute approximate surface area is 193 Å². The van der Waals surface area contributed by atoms with Gasteiger partial charge in [-0.2, -0.15) is 15.0 Å². The second-order valence-electron chi connectivity index (χ2n) is 8.47. The van der Waals surface area contributed by atoms with Crippen LogP contribution in [0.3, 0.4) is 0 Å². The number of hydrogen-bond acceptors (Lipinski definition) is 6. The maximum atomic E-state index is 13.1. The van der Waals surface area contributed by atoms with Gasteiger partial charge in [-0.1, -0.05) is 6.07 Å². The number of carbonyl (C=O) groups is 1. The van der Waals surface area contributed by atoms with Crippen molar-refractivity contribution in [1.29, 1.82) is 5.26 Å². The number of aryl methyl sites for hydroxylation is 1. The first-order chi connectivity index (χ1) is 15.9. The average Bonchev–Trinajstić information content (AvgIpc) is 3.21. The molecule has 0 aliphatic carbocycles. The number of pyridine rings is 1. The molecular formula is C25H28N6O2. The van der Waals surface area contributed by atoms with Crippen molar-refractivity contribution in [1.82, 2.24) is 24.6 Å². The molecule has 33 heavy (non-hydrogen) atoms. The number of amides is 1. The smallest absolute Gasteiger partial charge is 0.255 e. The lowest BCUT2D eigenvalue weighted by molar-refractivity contribution is 0.0606. The van der Waals surface area contributed by atoms with Crippen molar-refractivity contribution in [3.05, 3.63) is 59.4 Å². The van der Waals surface area contributed by atoms with Crippen LogP contribution in [-0.2, 0) is 0 Å². The highest BCUT2D eigenvalue weighted by atomic mass is 16.3. The minimum absolute atomic E-state index is 0.0234. The standard InChI is InChI=1S/C25H28N6O2/c1-4-30(20-9-11-29(3)12-10-20)24(32)19-6-8-23(27-15-19)31-25(33)22(16-28-31)21-7-5-18(14-26)13-17(21)2/h5-8,13,15-16,20,33H,4,9-12H2,1-3H3. The minimum atomic E-state index is -0.0455. The number of carbonyl (C=O) groups excluding carboxylic acids is 1. The Hall–Kier alpha value is -3.70. The summed E-state index contributed by atoms with van der Waals surface area (Å²) < 4.78 is 1.34. The molecule has 0 bridgehead atoms. The summed E-state index contributed by atoms with van der Waals surface area (Å²) in [5.74, 6) is 0.351. The predicted molar refractivity (Wildman–Crippen MR) is 125 cm³/mol. The third-order valence-corrected chi connectivity index (χ3v) is 6.33. The van der Waals surface area contributed by atoms with Gasteiger partial charge >= 0.3 is 0 Å². The van der Waals surface area contributed by atoms with Gasteiger partial charge in [0.2, 0.25) is 5.88 Å². The van der Waals surface area contributed by atoms with Gasteiger partial charge in [-0.05, 0) is 82.2 Å². The number of piperidine rings is 1. The van der Waals surface area contributed by atoms with Gasteiger partial charge in [-0.3, -0.25) is 4.79 Å². The van der Waals surface area contributed by atoms with E-state index in [1.807, 2.05) is 18.7 Å². The second-order valence-corrected chi connectivity index (χ2v) is 8.47. The van der Waals surface area contributed by atoms with Crippen LogP contribution >= 0.6 is 0 Å². The quantitative estimate of drug-likeness (QED) is 0.648. The molecule has 2 aromatic heterocycles. The minimum Gasteiger partial charge on any atom is -0.493 e. The van der Waals surface area contributed by atoms with Gasteiger partial charge in [0.1, 0.15) is 0 Å². The van der Waals surface area contributed by atoms with Crippen molar-refractivity contribution in [2.75, 3.05) is 26.7 Å². The van der Waals surface area contributed by atoms with Gasteiger partial charge in [0.05, 0.1) is 29.0 Å². The van der Waals surface area contributed by atoms with Crippen molar-refractivity contribution in [2.24, 2.45) is 0 Å². The SMILES string of the molecule is CCN(C(=O)c1ccc(-n2ncc(-c3ccc(C#N)cc3C)c2O)nc1)C1CCN(C)CC1. The van der Waals surface area contributed by atoms with Crippen LogP contribution in [-0.4, -0.2) is 68.3 Å². The molecule has 170 valence electrons. The summed E-state index contributed by atoms with van der Waals surface area (Å²) in [5.41, 5.74) is 3.30. The molecular weight excluding hydrogens is 416 g/mol. The Balaban J connectivity index is 1.55. The zero-order valence-electron chi connectivity index (χ0n) is 19.2. The number of hydrogen-bond donors (Lipinski definition) is 1. The van der Waals surface area contributed by atoms with Crippen molar-refractivity contribution in [3.63, 3.8) is 0 Å². The lowest BCUT2D eigenvalue weighted by Crippen LogP contribution is -2.46. The van der Waals surface area contributed by atoms with Gasteiger partial charge < -0.3 is 14.9 Å². The monoisotopic (exact) mass is 444 g/mol.